The predicted octanol–water partition coefficient (Wildman–Crippen LogP) is 3.37. The molecule has 0 unspecified atom stereocenters. The van der Waals surface area contributed by atoms with Crippen LogP contribution in [0.3, 0.4) is 0 Å². The first-order valence-electron chi connectivity index (χ1n) is 7.14. The van der Waals surface area contributed by atoms with Gasteiger partial charge in [0.2, 0.25) is 5.91 Å². The van der Waals surface area contributed by atoms with Gasteiger partial charge in [-0.05, 0) is 37.7 Å². The van der Waals surface area contributed by atoms with Gasteiger partial charge in [-0.25, -0.2) is 0 Å². The van der Waals surface area contributed by atoms with Crippen LogP contribution in [0.2, 0.25) is 5.02 Å². The van der Waals surface area contributed by atoms with Crippen molar-refractivity contribution in [2.75, 3.05) is 30.7 Å². The van der Waals surface area contributed by atoms with Crippen molar-refractivity contribution in [1.82, 2.24) is 4.90 Å². The summed E-state index contributed by atoms with van der Waals surface area (Å²) in [6.45, 7) is 7.10. The van der Waals surface area contributed by atoms with Crippen LogP contribution in [0.25, 0.3) is 0 Å². The number of benzene rings is 1. The molecule has 1 aromatic rings. The van der Waals surface area contributed by atoms with Gasteiger partial charge >= 0.3 is 0 Å². The summed E-state index contributed by atoms with van der Waals surface area (Å²) >= 11 is 5.84. The number of halogens is 1. The van der Waals surface area contributed by atoms with E-state index in [9.17, 15) is 4.79 Å². The van der Waals surface area contributed by atoms with Crippen molar-refractivity contribution in [2.45, 2.75) is 33.1 Å². The Labute approximate surface area is 126 Å². The van der Waals surface area contributed by atoms with E-state index in [0.717, 1.165) is 19.6 Å². The molecular weight excluding hydrogens is 274 g/mol. The molecule has 0 aliphatic rings. The number of hydrogen-bond acceptors (Lipinski definition) is 3. The number of anilines is 2. The molecule has 0 atom stereocenters. The third-order valence-electron chi connectivity index (χ3n) is 3.21. The molecule has 0 saturated heterocycles. The van der Waals surface area contributed by atoms with Gasteiger partial charge in [0.1, 0.15) is 0 Å². The monoisotopic (exact) mass is 297 g/mol. The van der Waals surface area contributed by atoms with Crippen molar-refractivity contribution < 1.29 is 4.79 Å². The van der Waals surface area contributed by atoms with Crippen molar-refractivity contribution in [2.24, 2.45) is 0 Å². The topological polar surface area (TPSA) is 58.4 Å². The van der Waals surface area contributed by atoms with E-state index < -0.39 is 0 Å². The van der Waals surface area contributed by atoms with Gasteiger partial charge < -0.3 is 16.0 Å². The van der Waals surface area contributed by atoms with Gasteiger partial charge in [0.25, 0.3) is 0 Å². The van der Waals surface area contributed by atoms with Crippen molar-refractivity contribution in [1.29, 1.82) is 0 Å². The van der Waals surface area contributed by atoms with Crippen LogP contribution in [0.15, 0.2) is 18.2 Å². The second kappa shape index (κ2) is 8.82. The average Bonchev–Trinajstić information content (AvgIpc) is 2.43. The van der Waals surface area contributed by atoms with E-state index in [1.54, 1.807) is 18.2 Å². The van der Waals surface area contributed by atoms with Gasteiger partial charge in [-0.15, -0.1) is 0 Å². The molecule has 3 N–H and O–H groups in total. The van der Waals surface area contributed by atoms with Gasteiger partial charge in [-0.1, -0.05) is 31.9 Å². The van der Waals surface area contributed by atoms with E-state index >= 15 is 0 Å². The number of hydrogen-bond donors (Lipinski definition) is 2. The quantitative estimate of drug-likeness (QED) is 0.723. The Bertz CT molecular complexity index is 437. The van der Waals surface area contributed by atoms with Gasteiger partial charge in [-0.2, -0.15) is 0 Å². The van der Waals surface area contributed by atoms with Crippen molar-refractivity contribution in [3.63, 3.8) is 0 Å². The number of rotatable bonds is 8. The molecule has 0 aromatic heterocycles. The van der Waals surface area contributed by atoms with Crippen molar-refractivity contribution in [3.8, 4) is 0 Å². The number of carbonyl (C=O) groups excluding carboxylic acids is 1. The van der Waals surface area contributed by atoms with Gasteiger partial charge in [0, 0.05) is 18.7 Å². The van der Waals surface area contributed by atoms with Crippen LogP contribution in [0, 0.1) is 0 Å². The fourth-order valence-electron chi connectivity index (χ4n) is 1.91. The number of amides is 1. The predicted molar refractivity (Wildman–Crippen MR) is 86.1 cm³/mol. The summed E-state index contributed by atoms with van der Waals surface area (Å²) < 4.78 is 0. The second-order valence-corrected chi connectivity index (χ2v) is 5.23. The summed E-state index contributed by atoms with van der Waals surface area (Å²) in [6, 6.07) is 5.12. The fourth-order valence-corrected chi connectivity index (χ4v) is 2.03. The van der Waals surface area contributed by atoms with E-state index in [-0.39, 0.29) is 5.91 Å². The molecular formula is C15H24ClN3O. The largest absolute Gasteiger partial charge is 0.397 e. The van der Waals surface area contributed by atoms with Crippen LogP contribution in [0.1, 0.15) is 33.1 Å². The van der Waals surface area contributed by atoms with Crippen LogP contribution in [-0.4, -0.2) is 30.4 Å². The molecule has 4 nitrogen and oxygen atoms in total. The number of carbonyl (C=O) groups is 1. The summed E-state index contributed by atoms with van der Waals surface area (Å²) in [5.41, 5.74) is 6.87. The molecule has 1 rings (SSSR count). The van der Waals surface area contributed by atoms with Gasteiger partial charge in [0.15, 0.2) is 0 Å². The van der Waals surface area contributed by atoms with E-state index in [1.807, 2.05) is 0 Å². The second-order valence-electron chi connectivity index (χ2n) is 4.82. The van der Waals surface area contributed by atoms with Crippen LogP contribution in [-0.2, 0) is 4.79 Å². The smallest absolute Gasteiger partial charge is 0.225 e. The van der Waals surface area contributed by atoms with E-state index in [2.05, 4.69) is 24.1 Å². The first-order valence-corrected chi connectivity index (χ1v) is 7.51. The first-order chi connectivity index (χ1) is 9.56. The number of unbranched alkanes of at least 4 members (excludes halogenated alkanes) is 1. The highest BCUT2D eigenvalue weighted by atomic mass is 35.5. The lowest BCUT2D eigenvalue weighted by molar-refractivity contribution is -0.116. The highest BCUT2D eigenvalue weighted by Crippen LogP contribution is 2.22. The van der Waals surface area contributed by atoms with E-state index in [0.29, 0.717) is 22.8 Å². The number of nitrogen functional groups attached to an aromatic ring is 1. The lowest BCUT2D eigenvalue weighted by Gasteiger charge is -2.19. The fraction of sp³-hybridized carbons (Fsp3) is 0.533. The summed E-state index contributed by atoms with van der Waals surface area (Å²) in [5.74, 6) is 0.00155. The molecule has 1 amide bonds. The van der Waals surface area contributed by atoms with Crippen LogP contribution < -0.4 is 11.1 Å². The molecule has 0 bridgehead atoms. The minimum absolute atomic E-state index is 0.00155. The Kier molecular flexibility index (Phi) is 7.41. The summed E-state index contributed by atoms with van der Waals surface area (Å²) in [6.07, 6.45) is 2.83. The molecule has 0 saturated carbocycles. The maximum Gasteiger partial charge on any atom is 0.225 e. The molecule has 0 fully saturated rings. The maximum absolute atomic E-state index is 11.9. The third kappa shape index (κ3) is 5.80. The zero-order valence-electron chi connectivity index (χ0n) is 12.3. The zero-order valence-corrected chi connectivity index (χ0v) is 13.0. The van der Waals surface area contributed by atoms with Crippen LogP contribution >= 0.6 is 11.6 Å². The standard InChI is InChI=1S/C15H24ClN3O/c1-3-5-9-19(4-2)10-8-15(20)18-12-6-7-13(16)14(17)11-12/h6-7,11H,3-5,8-10,17H2,1-2H3,(H,18,20). The van der Waals surface area contributed by atoms with E-state index in [1.165, 1.54) is 12.8 Å². The Morgan fingerprint density at radius 2 is 2.10 bits per heavy atom. The highest BCUT2D eigenvalue weighted by molar-refractivity contribution is 6.33. The third-order valence-corrected chi connectivity index (χ3v) is 3.55. The SMILES string of the molecule is CCCCN(CC)CCC(=O)Nc1ccc(Cl)c(N)c1. The molecule has 0 heterocycles. The Hall–Kier alpha value is -1.26. The molecule has 0 spiro atoms. The molecule has 20 heavy (non-hydrogen) atoms. The summed E-state index contributed by atoms with van der Waals surface area (Å²) in [4.78, 5) is 14.2. The number of nitrogens with one attached hydrogen (secondary N) is 1. The van der Waals surface area contributed by atoms with Crippen LogP contribution in [0.4, 0.5) is 11.4 Å². The van der Waals surface area contributed by atoms with Crippen LogP contribution in [0.5, 0.6) is 0 Å². The Morgan fingerprint density at radius 1 is 1.35 bits per heavy atom. The molecule has 5 heteroatoms. The average molecular weight is 298 g/mol. The Morgan fingerprint density at radius 3 is 2.70 bits per heavy atom. The minimum atomic E-state index is 0.00155. The molecule has 0 aliphatic carbocycles. The first kappa shape index (κ1) is 16.8. The molecule has 112 valence electrons. The lowest BCUT2D eigenvalue weighted by Crippen LogP contribution is -2.28. The highest BCUT2D eigenvalue weighted by Gasteiger charge is 2.07. The summed E-state index contributed by atoms with van der Waals surface area (Å²) in [7, 11) is 0. The summed E-state index contributed by atoms with van der Waals surface area (Å²) in [5, 5.41) is 3.34. The lowest BCUT2D eigenvalue weighted by atomic mass is 10.2. The Balaban J connectivity index is 2.40. The number of nitrogens with two attached hydrogens (primary N) is 1. The van der Waals surface area contributed by atoms with Gasteiger partial charge in [-0.3, -0.25) is 4.79 Å². The van der Waals surface area contributed by atoms with Crippen molar-refractivity contribution in [3.05, 3.63) is 23.2 Å². The van der Waals surface area contributed by atoms with Gasteiger partial charge in [0.05, 0.1) is 10.7 Å². The molecule has 0 radical (unpaired) electrons. The number of nitrogens with zero attached hydrogens (tertiary/aromatic N) is 1. The maximum atomic E-state index is 11.9. The molecule has 0 aliphatic heterocycles. The molecule has 1 aromatic carbocycles. The van der Waals surface area contributed by atoms with E-state index in [4.69, 9.17) is 17.3 Å². The van der Waals surface area contributed by atoms with Crippen molar-refractivity contribution >= 4 is 28.9 Å². The zero-order chi connectivity index (χ0) is 15.0. The normalized spacial score (nSPS) is 10.8. The minimum Gasteiger partial charge on any atom is -0.397 e.